The molecule has 1 saturated carbocycles. The zero-order valence-electron chi connectivity index (χ0n) is 14.4. The lowest BCUT2D eigenvalue weighted by molar-refractivity contribution is 0.289. The summed E-state index contributed by atoms with van der Waals surface area (Å²) in [5.41, 5.74) is 7.10. The quantitative estimate of drug-likeness (QED) is 0.309. The molecule has 22 heavy (non-hydrogen) atoms. The van der Waals surface area contributed by atoms with Gasteiger partial charge in [-0.25, -0.2) is 0 Å². The minimum atomic E-state index is 0.0207. The van der Waals surface area contributed by atoms with Crippen molar-refractivity contribution in [2.75, 3.05) is 6.61 Å². The van der Waals surface area contributed by atoms with Crippen molar-refractivity contribution in [1.82, 2.24) is 5.32 Å². The molecule has 0 bridgehead atoms. The largest absolute Gasteiger partial charge is 0.496 e. The van der Waals surface area contributed by atoms with Crippen molar-refractivity contribution in [2.45, 2.75) is 65.0 Å². The van der Waals surface area contributed by atoms with Gasteiger partial charge in [-0.15, -0.1) is 0 Å². The molecule has 4 heteroatoms. The molecule has 0 saturated heterocycles. The van der Waals surface area contributed by atoms with E-state index in [9.17, 15) is 0 Å². The predicted octanol–water partition coefficient (Wildman–Crippen LogP) is 3.91. The Bertz CT molecular complexity index is 353. The van der Waals surface area contributed by atoms with Crippen molar-refractivity contribution in [3.63, 3.8) is 0 Å². The van der Waals surface area contributed by atoms with E-state index in [1.54, 1.807) is 0 Å². The molecule has 1 rings (SSSR count). The molecule has 0 aromatic heterocycles. The van der Waals surface area contributed by atoms with Gasteiger partial charge >= 0.3 is 0 Å². The number of ether oxygens (including phenoxy) is 1. The van der Waals surface area contributed by atoms with E-state index < -0.39 is 0 Å². The molecule has 1 fully saturated rings. The Morgan fingerprint density at radius 3 is 2.64 bits per heavy atom. The highest BCUT2D eigenvalue weighted by Gasteiger charge is 2.14. The third-order valence-electron chi connectivity index (χ3n) is 3.33. The molecule has 1 aliphatic rings. The van der Waals surface area contributed by atoms with Crippen LogP contribution in [0, 0.1) is 0 Å². The van der Waals surface area contributed by atoms with Crippen molar-refractivity contribution in [2.24, 2.45) is 10.7 Å². The maximum absolute atomic E-state index is 6.01. The Morgan fingerprint density at radius 2 is 2.05 bits per heavy atom. The zero-order chi connectivity index (χ0) is 16.6. The third-order valence-corrected chi connectivity index (χ3v) is 3.33. The standard InChI is InChI=1S/C16H27N3O.C2H6/c1-14(17)16(19-15-8-4-3-5-9-15)10-6-7-12-20-13-11-18-2;1-2/h6-7,10-11,13-15,19H,2-5,8-9,12,17H2,1H3;1-2H3/b7-6+,13-11-,16-10+;. The SMILES string of the molecule is C=N/C=C\OC/C=C/C=C(/NC1CCCCC1)C(C)N.CC. The summed E-state index contributed by atoms with van der Waals surface area (Å²) < 4.78 is 5.18. The first kappa shape index (κ1) is 20.5. The molecule has 1 aliphatic carbocycles. The molecule has 4 nitrogen and oxygen atoms in total. The maximum atomic E-state index is 6.01. The summed E-state index contributed by atoms with van der Waals surface area (Å²) in [4.78, 5) is 3.55. The molecule has 0 radical (unpaired) electrons. The minimum absolute atomic E-state index is 0.0207. The number of nitrogens with one attached hydrogen (secondary N) is 1. The molecule has 1 atom stereocenters. The molecule has 0 aliphatic heterocycles. The number of nitrogens with zero attached hydrogens (tertiary/aromatic N) is 1. The first-order valence-electron chi connectivity index (χ1n) is 8.35. The van der Waals surface area contributed by atoms with Crippen LogP contribution in [0.2, 0.25) is 0 Å². The van der Waals surface area contributed by atoms with Crippen LogP contribution in [0.4, 0.5) is 0 Å². The van der Waals surface area contributed by atoms with Crippen LogP contribution in [0.3, 0.4) is 0 Å². The molecule has 0 spiro atoms. The van der Waals surface area contributed by atoms with Crippen molar-refractivity contribution in [3.8, 4) is 0 Å². The first-order chi connectivity index (χ1) is 10.7. The Morgan fingerprint density at radius 1 is 1.36 bits per heavy atom. The smallest absolute Gasteiger partial charge is 0.106 e. The lowest BCUT2D eigenvalue weighted by atomic mass is 9.95. The number of rotatable bonds is 8. The van der Waals surface area contributed by atoms with Crippen LogP contribution in [-0.4, -0.2) is 25.4 Å². The van der Waals surface area contributed by atoms with E-state index >= 15 is 0 Å². The number of aliphatic imine (C=N–C) groups is 1. The molecular weight excluding hydrogens is 274 g/mol. The fraction of sp³-hybridized carbons (Fsp3) is 0.611. The topological polar surface area (TPSA) is 59.6 Å². The van der Waals surface area contributed by atoms with E-state index in [1.165, 1.54) is 44.6 Å². The number of hydrogen-bond acceptors (Lipinski definition) is 4. The van der Waals surface area contributed by atoms with Gasteiger partial charge in [0.2, 0.25) is 0 Å². The Labute approximate surface area is 136 Å². The molecule has 126 valence electrons. The highest BCUT2D eigenvalue weighted by molar-refractivity contribution is 5.25. The van der Waals surface area contributed by atoms with Gasteiger partial charge < -0.3 is 15.8 Å². The average Bonchev–Trinajstić information content (AvgIpc) is 2.55. The molecule has 1 unspecified atom stereocenters. The second kappa shape index (κ2) is 14.4. The van der Waals surface area contributed by atoms with Gasteiger partial charge in [0, 0.05) is 17.8 Å². The van der Waals surface area contributed by atoms with Gasteiger partial charge in [-0.05, 0) is 38.6 Å². The summed E-state index contributed by atoms with van der Waals surface area (Å²) in [6, 6.07) is 0.597. The van der Waals surface area contributed by atoms with Crippen LogP contribution in [0.1, 0.15) is 52.9 Å². The lowest BCUT2D eigenvalue weighted by Gasteiger charge is -2.26. The van der Waals surface area contributed by atoms with Gasteiger partial charge in [0.15, 0.2) is 0 Å². The van der Waals surface area contributed by atoms with Crippen LogP contribution in [0.15, 0.2) is 41.4 Å². The van der Waals surface area contributed by atoms with Gasteiger partial charge in [0.05, 0.1) is 6.20 Å². The van der Waals surface area contributed by atoms with Crippen LogP contribution < -0.4 is 11.1 Å². The lowest BCUT2D eigenvalue weighted by Crippen LogP contribution is -2.37. The highest BCUT2D eigenvalue weighted by atomic mass is 16.5. The second-order valence-electron chi connectivity index (χ2n) is 5.12. The molecule has 0 amide bonds. The van der Waals surface area contributed by atoms with Crippen LogP contribution >= 0.6 is 0 Å². The Hall–Kier alpha value is -1.55. The summed E-state index contributed by atoms with van der Waals surface area (Å²) in [7, 11) is 0. The average molecular weight is 307 g/mol. The van der Waals surface area contributed by atoms with Gasteiger partial charge in [-0.1, -0.05) is 39.2 Å². The fourth-order valence-corrected chi connectivity index (χ4v) is 2.24. The summed E-state index contributed by atoms with van der Waals surface area (Å²) in [5.74, 6) is 0. The van der Waals surface area contributed by atoms with Crippen molar-refractivity contribution in [3.05, 3.63) is 36.4 Å². The van der Waals surface area contributed by atoms with E-state index in [1.807, 2.05) is 39.0 Å². The van der Waals surface area contributed by atoms with Gasteiger partial charge in [0.1, 0.15) is 12.9 Å². The van der Waals surface area contributed by atoms with Crippen molar-refractivity contribution >= 4 is 6.72 Å². The Balaban J connectivity index is 0.00000211. The van der Waals surface area contributed by atoms with E-state index in [-0.39, 0.29) is 6.04 Å². The van der Waals surface area contributed by atoms with Crippen molar-refractivity contribution in [1.29, 1.82) is 0 Å². The van der Waals surface area contributed by atoms with Crippen LogP contribution in [0.25, 0.3) is 0 Å². The molecule has 0 aromatic rings. The maximum Gasteiger partial charge on any atom is 0.106 e. The van der Waals surface area contributed by atoms with Gasteiger partial charge in [-0.3, -0.25) is 4.99 Å². The van der Waals surface area contributed by atoms with E-state index in [2.05, 4.69) is 17.0 Å². The number of nitrogens with two attached hydrogens (primary N) is 1. The van der Waals surface area contributed by atoms with E-state index in [0.29, 0.717) is 12.6 Å². The minimum Gasteiger partial charge on any atom is -0.496 e. The number of allylic oxidation sites excluding steroid dienone is 2. The summed E-state index contributed by atoms with van der Waals surface area (Å²) in [6.07, 6.45) is 15.5. The predicted molar refractivity (Wildman–Crippen MR) is 96.9 cm³/mol. The molecule has 0 aromatic carbocycles. The van der Waals surface area contributed by atoms with Crippen molar-refractivity contribution < 1.29 is 4.74 Å². The fourth-order valence-electron chi connectivity index (χ4n) is 2.24. The van der Waals surface area contributed by atoms with E-state index in [0.717, 1.165) is 5.70 Å². The Kier molecular flexibility index (Phi) is 13.4. The summed E-state index contributed by atoms with van der Waals surface area (Å²) >= 11 is 0. The summed E-state index contributed by atoms with van der Waals surface area (Å²) in [6.45, 7) is 9.84. The van der Waals surface area contributed by atoms with E-state index in [4.69, 9.17) is 10.5 Å². The van der Waals surface area contributed by atoms with Crippen LogP contribution in [-0.2, 0) is 4.74 Å². The zero-order valence-corrected chi connectivity index (χ0v) is 14.4. The highest BCUT2D eigenvalue weighted by Crippen LogP contribution is 2.18. The number of hydrogen-bond donors (Lipinski definition) is 2. The van der Waals surface area contributed by atoms with Crippen LogP contribution in [0.5, 0.6) is 0 Å². The van der Waals surface area contributed by atoms with Gasteiger partial charge in [-0.2, -0.15) is 0 Å². The normalized spacial score (nSPS) is 17.9. The second-order valence-corrected chi connectivity index (χ2v) is 5.12. The first-order valence-corrected chi connectivity index (χ1v) is 8.35. The third kappa shape index (κ3) is 10.2. The molecule has 3 N–H and O–H groups in total. The monoisotopic (exact) mass is 307 g/mol. The molecular formula is C18H33N3O. The summed E-state index contributed by atoms with van der Waals surface area (Å²) in [5, 5.41) is 3.57. The van der Waals surface area contributed by atoms with Gasteiger partial charge in [0.25, 0.3) is 0 Å². The molecule has 0 heterocycles.